The molecule has 0 radical (unpaired) electrons. The molecule has 0 aromatic carbocycles. The lowest BCUT2D eigenvalue weighted by molar-refractivity contribution is -0.150. The maximum Gasteiger partial charge on any atom is 0.519 e. The molecule has 1 atom stereocenters. The second-order valence-electron chi connectivity index (χ2n) is 5.48. The average molecular weight is 371 g/mol. The first-order valence-electron chi connectivity index (χ1n) is 7.72. The second-order valence-corrected chi connectivity index (χ2v) is 5.48. The largest absolute Gasteiger partial charge is 0.519 e. The molecule has 0 aliphatic heterocycles. The van der Waals surface area contributed by atoms with Crippen molar-refractivity contribution in [2.45, 2.75) is 52.4 Å². The van der Waals surface area contributed by atoms with Crippen molar-refractivity contribution in [1.82, 2.24) is 5.32 Å². The number of esters is 1. The number of alkyl carbamates (subject to hydrolysis) is 1. The molecule has 1 aromatic rings. The number of nitrogens with two attached hydrogens (primary N) is 1. The molecule has 0 aliphatic carbocycles. The van der Waals surface area contributed by atoms with Gasteiger partial charge in [-0.25, -0.2) is 14.4 Å². The first-order valence-corrected chi connectivity index (χ1v) is 7.72. The number of nitrogens with one attached hydrogen (secondary N) is 1. The third-order valence-electron chi connectivity index (χ3n) is 3.00. The summed E-state index contributed by atoms with van der Waals surface area (Å²) >= 11 is 0. The van der Waals surface area contributed by atoms with E-state index in [2.05, 4.69) is 19.3 Å². The molecule has 1 aromatic heterocycles. The smallest absolute Gasteiger partial charge is 0.461 e. The molecule has 1 heterocycles. The zero-order valence-electron chi connectivity index (χ0n) is 14.6. The monoisotopic (exact) mass is 371 g/mol. The number of ether oxygens (including phenoxy) is 2. The molecule has 0 saturated carbocycles. The molecule has 0 unspecified atom stereocenters. The molecule has 11 nitrogen and oxygen atoms in total. The first-order chi connectivity index (χ1) is 12.2. The van der Waals surface area contributed by atoms with E-state index in [0.717, 1.165) is 6.21 Å². The maximum atomic E-state index is 12.1. The lowest BCUT2D eigenvalue weighted by Crippen LogP contribution is -2.43. The summed E-state index contributed by atoms with van der Waals surface area (Å²) in [6.45, 7) is 4.38. The van der Waals surface area contributed by atoms with Gasteiger partial charge in [-0.15, -0.1) is 0 Å². The van der Waals surface area contributed by atoms with E-state index in [9.17, 15) is 19.2 Å². The number of hydrogen-bond acceptors (Lipinski definition) is 10. The number of ketones is 1. The van der Waals surface area contributed by atoms with Gasteiger partial charge in [-0.3, -0.25) is 4.79 Å². The lowest BCUT2D eigenvalue weighted by Gasteiger charge is -2.18. The van der Waals surface area contributed by atoms with Gasteiger partial charge in [0.25, 0.3) is 0 Å². The molecule has 3 N–H and O–H groups in total. The third kappa shape index (κ3) is 7.20. The van der Waals surface area contributed by atoms with Gasteiger partial charge in [0, 0.05) is 6.42 Å². The molecular formula is C15H21N3O8. The van der Waals surface area contributed by atoms with Crippen molar-refractivity contribution in [3.8, 4) is 0 Å². The average Bonchev–Trinajstić information content (AvgIpc) is 2.86. The van der Waals surface area contributed by atoms with Gasteiger partial charge in [0.2, 0.25) is 0 Å². The van der Waals surface area contributed by atoms with E-state index in [1.54, 1.807) is 13.8 Å². The molecule has 144 valence electrons. The van der Waals surface area contributed by atoms with Crippen LogP contribution < -0.4 is 17.0 Å². The van der Waals surface area contributed by atoms with Gasteiger partial charge in [0.15, 0.2) is 23.9 Å². The number of hydrazone groups is 1. The van der Waals surface area contributed by atoms with Crippen LogP contribution in [0.25, 0.3) is 0 Å². The van der Waals surface area contributed by atoms with Gasteiger partial charge >= 0.3 is 17.9 Å². The van der Waals surface area contributed by atoms with Crippen molar-refractivity contribution in [2.24, 2.45) is 10.9 Å². The quantitative estimate of drug-likeness (QED) is 0.270. The number of Topliss-reactive ketones (excluding diaryl/α,β-unsaturated/α-hetero) is 1. The summed E-state index contributed by atoms with van der Waals surface area (Å²) in [6.07, 6.45) is -0.585. The van der Waals surface area contributed by atoms with Crippen molar-refractivity contribution < 1.29 is 32.7 Å². The lowest BCUT2D eigenvalue weighted by atomic mass is 10.1. The predicted molar refractivity (Wildman–Crippen MR) is 87.2 cm³/mol. The van der Waals surface area contributed by atoms with E-state index in [0.29, 0.717) is 0 Å². The van der Waals surface area contributed by atoms with Crippen molar-refractivity contribution in [1.29, 1.82) is 0 Å². The highest BCUT2D eigenvalue weighted by molar-refractivity contribution is 6.27. The van der Waals surface area contributed by atoms with E-state index >= 15 is 0 Å². The van der Waals surface area contributed by atoms with E-state index < -0.39 is 35.8 Å². The van der Waals surface area contributed by atoms with Crippen molar-refractivity contribution in [3.63, 3.8) is 0 Å². The highest BCUT2D eigenvalue weighted by atomic mass is 16.6. The van der Waals surface area contributed by atoms with E-state index in [1.165, 1.54) is 6.92 Å². The number of carbonyl (C=O) groups is 3. The third-order valence-corrected chi connectivity index (χ3v) is 3.00. The van der Waals surface area contributed by atoms with Crippen molar-refractivity contribution in [2.75, 3.05) is 0 Å². The summed E-state index contributed by atoms with van der Waals surface area (Å²) < 4.78 is 19.2. The molecule has 26 heavy (non-hydrogen) atoms. The summed E-state index contributed by atoms with van der Waals surface area (Å²) in [7, 11) is 0. The minimum Gasteiger partial charge on any atom is -0.461 e. The van der Waals surface area contributed by atoms with Gasteiger partial charge in [-0.1, -0.05) is 0 Å². The topological polar surface area (TPSA) is 163 Å². The summed E-state index contributed by atoms with van der Waals surface area (Å²) in [6, 6.07) is -1.11. The highest BCUT2D eigenvalue weighted by Gasteiger charge is 2.25. The van der Waals surface area contributed by atoms with Gasteiger partial charge in [0.05, 0.1) is 12.3 Å². The Morgan fingerprint density at radius 2 is 2.00 bits per heavy atom. The fourth-order valence-corrected chi connectivity index (χ4v) is 1.82. The van der Waals surface area contributed by atoms with Gasteiger partial charge in [-0.05, 0) is 27.2 Å². The minimum absolute atomic E-state index is 0.0364. The standard InChI is InChI=1S/C15H21N3O8/c1-8(2)24-13(20)11(5-4-10(19)6-17-16)18-14(21)23-7-12-9(3)25-15(22)26-12/h6,8,11H,4-5,7,16H2,1-3H3,(H,18,21)/t11-/m0/s1. The Kier molecular flexibility index (Phi) is 8.06. The molecule has 1 rings (SSSR count). The Balaban J connectivity index is 2.65. The molecule has 11 heteroatoms. The number of carbonyl (C=O) groups excluding carboxylic acids is 3. The van der Waals surface area contributed by atoms with Crippen LogP contribution in [-0.2, 0) is 25.7 Å². The first kappa shape index (κ1) is 20.9. The maximum absolute atomic E-state index is 12.1. The second kappa shape index (κ2) is 10.0. The molecule has 0 spiro atoms. The summed E-state index contributed by atoms with van der Waals surface area (Å²) in [5.74, 6) is 3.04. The number of rotatable bonds is 9. The van der Waals surface area contributed by atoms with Crippen LogP contribution in [0, 0.1) is 6.92 Å². The summed E-state index contributed by atoms with van der Waals surface area (Å²) in [5, 5.41) is 5.40. The normalized spacial score (nSPS) is 12.2. The minimum atomic E-state index is -1.11. The molecule has 1 amide bonds. The number of nitrogens with zero attached hydrogens (tertiary/aromatic N) is 1. The fourth-order valence-electron chi connectivity index (χ4n) is 1.82. The van der Waals surface area contributed by atoms with E-state index in [1.807, 2.05) is 0 Å². The Hall–Kier alpha value is -3.11. The van der Waals surface area contributed by atoms with Crippen LogP contribution >= 0.6 is 0 Å². The van der Waals surface area contributed by atoms with Crippen LogP contribution in [-0.4, -0.2) is 36.2 Å². The Labute approximate surface area is 148 Å². The van der Waals surface area contributed by atoms with Crippen molar-refractivity contribution in [3.05, 3.63) is 22.1 Å². The molecule has 0 saturated heterocycles. The fraction of sp³-hybridized carbons (Fsp3) is 0.533. The number of amides is 1. The summed E-state index contributed by atoms with van der Waals surface area (Å²) in [5.41, 5.74) is 0. The van der Waals surface area contributed by atoms with E-state index in [4.69, 9.17) is 15.3 Å². The van der Waals surface area contributed by atoms with Gasteiger partial charge in [-0.2, -0.15) is 5.10 Å². The van der Waals surface area contributed by atoms with E-state index in [-0.39, 0.29) is 31.0 Å². The van der Waals surface area contributed by atoms with Gasteiger partial charge < -0.3 is 29.5 Å². The molecule has 0 bridgehead atoms. The number of hydrogen-bond donors (Lipinski definition) is 2. The zero-order chi connectivity index (χ0) is 19.7. The molecular weight excluding hydrogens is 350 g/mol. The Bertz CT molecular complexity index is 719. The highest BCUT2D eigenvalue weighted by Crippen LogP contribution is 2.08. The molecule has 0 aliphatic rings. The van der Waals surface area contributed by atoms with Crippen LogP contribution in [0.2, 0.25) is 0 Å². The van der Waals surface area contributed by atoms with Crippen LogP contribution in [0.15, 0.2) is 18.7 Å². The van der Waals surface area contributed by atoms with Crippen LogP contribution in [0.3, 0.4) is 0 Å². The Morgan fingerprint density at radius 1 is 1.31 bits per heavy atom. The van der Waals surface area contributed by atoms with Gasteiger partial charge in [0.1, 0.15) is 6.04 Å². The summed E-state index contributed by atoms with van der Waals surface area (Å²) in [4.78, 5) is 46.3. The number of aryl methyl sites for hydroxylation is 1. The molecule has 0 fully saturated rings. The van der Waals surface area contributed by atoms with Crippen molar-refractivity contribution >= 4 is 24.1 Å². The zero-order valence-corrected chi connectivity index (χ0v) is 14.6. The van der Waals surface area contributed by atoms with Crippen LogP contribution in [0.1, 0.15) is 38.2 Å². The predicted octanol–water partition coefficient (Wildman–Crippen LogP) is 0.381. The van der Waals surface area contributed by atoms with Crippen LogP contribution in [0.4, 0.5) is 4.79 Å². The van der Waals surface area contributed by atoms with Crippen LogP contribution in [0.5, 0.6) is 0 Å². The Morgan fingerprint density at radius 3 is 2.54 bits per heavy atom. The SMILES string of the molecule is Cc1oc(=O)oc1COC(=O)N[C@@H](CCC(=O)C=NN)C(=O)OC(C)C.